The van der Waals surface area contributed by atoms with Gasteiger partial charge in [-0.1, -0.05) is 25.0 Å². The van der Waals surface area contributed by atoms with Gasteiger partial charge in [0.25, 0.3) is 0 Å². The lowest BCUT2D eigenvalue weighted by molar-refractivity contribution is -0.140. The highest BCUT2D eigenvalue weighted by atomic mass is 32.2. The zero-order valence-electron chi connectivity index (χ0n) is 15.9. The highest BCUT2D eigenvalue weighted by Gasteiger charge is 2.28. The molecule has 2 heterocycles. The number of ether oxygens (including phenoxy) is 1. The maximum Gasteiger partial charge on any atom is 0.320 e. The van der Waals surface area contributed by atoms with Crippen molar-refractivity contribution in [2.75, 3.05) is 43.9 Å². The van der Waals surface area contributed by atoms with Crippen LogP contribution in [0.1, 0.15) is 31.2 Å². The number of thioether (sulfide) groups is 1. The molecule has 2 saturated heterocycles. The topological polar surface area (TPSA) is 49.9 Å². The molecular weight excluding hydrogens is 360 g/mol. The predicted octanol–water partition coefficient (Wildman–Crippen LogP) is 3.20. The number of esters is 1. The third-order valence-corrected chi connectivity index (χ3v) is 6.29. The van der Waals surface area contributed by atoms with Crippen LogP contribution in [0.3, 0.4) is 0 Å². The number of anilines is 1. The monoisotopic (exact) mass is 388 g/mol. The molecule has 27 heavy (non-hydrogen) atoms. The summed E-state index contributed by atoms with van der Waals surface area (Å²) in [6.07, 6.45) is 8.62. The molecule has 0 aliphatic carbocycles. The molecule has 0 aromatic heterocycles. The quantitative estimate of drug-likeness (QED) is 0.586. The summed E-state index contributed by atoms with van der Waals surface area (Å²) in [5, 5.41) is -0.283. The molecule has 3 rings (SSSR count). The molecule has 146 valence electrons. The van der Waals surface area contributed by atoms with Crippen molar-refractivity contribution in [3.63, 3.8) is 0 Å². The van der Waals surface area contributed by atoms with Crippen molar-refractivity contribution >= 4 is 35.4 Å². The Morgan fingerprint density at radius 3 is 2.44 bits per heavy atom. The molecule has 0 radical (unpaired) electrons. The van der Waals surface area contributed by atoms with Gasteiger partial charge in [-0.15, -0.1) is 11.8 Å². The average molecular weight is 389 g/mol. The summed E-state index contributed by atoms with van der Waals surface area (Å²) in [4.78, 5) is 28.3. The van der Waals surface area contributed by atoms with Crippen molar-refractivity contribution in [1.29, 1.82) is 0 Å². The third-order valence-electron chi connectivity index (χ3n) is 5.12. The summed E-state index contributed by atoms with van der Waals surface area (Å²) < 4.78 is 4.80. The van der Waals surface area contributed by atoms with Gasteiger partial charge in [0.15, 0.2) is 0 Å². The van der Waals surface area contributed by atoms with Gasteiger partial charge in [-0.2, -0.15) is 0 Å². The highest BCUT2D eigenvalue weighted by molar-refractivity contribution is 8.00. The molecule has 2 aliphatic heterocycles. The van der Waals surface area contributed by atoms with Gasteiger partial charge in [-0.05, 0) is 36.6 Å². The van der Waals surface area contributed by atoms with Gasteiger partial charge in [-0.3, -0.25) is 9.59 Å². The Bertz CT molecular complexity index is 667. The van der Waals surface area contributed by atoms with Gasteiger partial charge in [0.1, 0.15) is 5.25 Å². The molecule has 0 unspecified atom stereocenters. The van der Waals surface area contributed by atoms with Crippen molar-refractivity contribution < 1.29 is 14.3 Å². The Morgan fingerprint density at radius 2 is 1.78 bits per heavy atom. The number of benzene rings is 1. The first-order chi connectivity index (χ1) is 13.2. The van der Waals surface area contributed by atoms with E-state index in [-0.39, 0.29) is 17.1 Å². The smallest absolute Gasteiger partial charge is 0.320 e. The van der Waals surface area contributed by atoms with E-state index in [1.165, 1.54) is 38.5 Å². The van der Waals surface area contributed by atoms with Gasteiger partial charge in [-0.25, -0.2) is 0 Å². The molecule has 1 atom stereocenters. The van der Waals surface area contributed by atoms with Gasteiger partial charge < -0.3 is 14.5 Å². The third kappa shape index (κ3) is 5.51. The maximum absolute atomic E-state index is 12.4. The van der Waals surface area contributed by atoms with E-state index in [1.807, 2.05) is 6.08 Å². The van der Waals surface area contributed by atoms with E-state index in [1.54, 1.807) is 22.7 Å². The molecule has 1 aromatic carbocycles. The molecule has 1 aromatic rings. The number of hydrogen-bond acceptors (Lipinski definition) is 5. The maximum atomic E-state index is 12.4. The van der Waals surface area contributed by atoms with Crippen LogP contribution in [0.25, 0.3) is 6.08 Å². The lowest BCUT2D eigenvalue weighted by Gasteiger charge is -2.30. The van der Waals surface area contributed by atoms with Crippen LogP contribution < -0.4 is 4.90 Å². The first-order valence-electron chi connectivity index (χ1n) is 9.69. The first kappa shape index (κ1) is 19.8. The molecule has 0 saturated carbocycles. The molecular formula is C21H28N2O3S. The lowest BCUT2D eigenvalue weighted by atomic mass is 10.1. The van der Waals surface area contributed by atoms with E-state index >= 15 is 0 Å². The molecule has 0 spiro atoms. The minimum absolute atomic E-state index is 0.0548. The van der Waals surface area contributed by atoms with Gasteiger partial charge in [0.2, 0.25) is 5.91 Å². The van der Waals surface area contributed by atoms with Crippen LogP contribution in [0.15, 0.2) is 30.3 Å². The second-order valence-corrected chi connectivity index (χ2v) is 8.30. The van der Waals surface area contributed by atoms with E-state index in [0.717, 1.165) is 24.4 Å². The number of carbonyl (C=O) groups excluding carboxylic acids is 2. The van der Waals surface area contributed by atoms with Crippen LogP contribution >= 0.6 is 11.8 Å². The molecule has 0 N–H and O–H groups in total. The molecule has 2 aliphatic rings. The van der Waals surface area contributed by atoms with Gasteiger partial charge in [0, 0.05) is 43.7 Å². The number of amides is 1. The lowest BCUT2D eigenvalue weighted by Crippen LogP contribution is -2.44. The van der Waals surface area contributed by atoms with Crippen LogP contribution in [0.2, 0.25) is 0 Å². The number of hydrogen-bond donors (Lipinski definition) is 0. The van der Waals surface area contributed by atoms with E-state index < -0.39 is 0 Å². The minimum atomic E-state index is -0.283. The van der Waals surface area contributed by atoms with Gasteiger partial charge >= 0.3 is 5.97 Å². The Balaban J connectivity index is 1.56. The fourth-order valence-corrected chi connectivity index (χ4v) is 4.65. The normalized spacial score (nSPS) is 21.1. The summed E-state index contributed by atoms with van der Waals surface area (Å²) in [7, 11) is 1.39. The summed E-state index contributed by atoms with van der Waals surface area (Å²) in [6.45, 7) is 3.33. The van der Waals surface area contributed by atoms with E-state index in [9.17, 15) is 9.59 Å². The number of carbonyl (C=O) groups is 2. The second kappa shape index (κ2) is 9.83. The van der Waals surface area contributed by atoms with E-state index in [4.69, 9.17) is 4.74 Å². The standard InChI is InChI=1S/C21H28N2O3S/c1-26-21(25)19-16-23(14-15-27-19)20(24)11-8-17-6-9-18(10-7-17)22-12-4-2-3-5-13-22/h6-11,19H,2-5,12-16H2,1H3/b11-8+/t19-/m0/s1. The average Bonchev–Trinajstić information content (AvgIpc) is 3.01. The van der Waals surface area contributed by atoms with Crippen LogP contribution in [0.4, 0.5) is 5.69 Å². The highest BCUT2D eigenvalue weighted by Crippen LogP contribution is 2.22. The van der Waals surface area contributed by atoms with Gasteiger partial charge in [0.05, 0.1) is 7.11 Å². The number of rotatable bonds is 4. The number of methoxy groups -OCH3 is 1. The zero-order valence-corrected chi connectivity index (χ0v) is 16.7. The zero-order chi connectivity index (χ0) is 19.1. The van der Waals surface area contributed by atoms with Crippen molar-refractivity contribution in [1.82, 2.24) is 4.90 Å². The molecule has 1 amide bonds. The Kier molecular flexibility index (Phi) is 7.21. The van der Waals surface area contributed by atoms with Crippen molar-refractivity contribution in [2.24, 2.45) is 0 Å². The SMILES string of the molecule is COC(=O)[C@@H]1CN(C(=O)/C=C/c2ccc(N3CCCCCC3)cc2)CCS1. The number of nitrogens with zero attached hydrogens (tertiary/aromatic N) is 2. The van der Waals surface area contributed by atoms with Crippen LogP contribution in [0, 0.1) is 0 Å². The predicted molar refractivity (Wildman–Crippen MR) is 111 cm³/mol. The molecule has 0 bridgehead atoms. The summed E-state index contributed by atoms with van der Waals surface area (Å²) >= 11 is 1.55. The second-order valence-electron chi connectivity index (χ2n) is 6.99. The minimum Gasteiger partial charge on any atom is -0.468 e. The molecule has 6 heteroatoms. The van der Waals surface area contributed by atoms with Crippen LogP contribution in [-0.2, 0) is 14.3 Å². The Labute approximate surface area is 165 Å². The summed E-state index contributed by atoms with van der Waals surface area (Å²) in [5.74, 6) is 0.440. The van der Waals surface area contributed by atoms with Crippen LogP contribution in [-0.4, -0.2) is 61.1 Å². The fraction of sp³-hybridized carbons (Fsp3) is 0.524. The molecule has 5 nitrogen and oxygen atoms in total. The Hall–Kier alpha value is -1.95. The van der Waals surface area contributed by atoms with Crippen LogP contribution in [0.5, 0.6) is 0 Å². The van der Waals surface area contributed by atoms with Crippen molar-refractivity contribution in [3.8, 4) is 0 Å². The molecule has 2 fully saturated rings. The van der Waals surface area contributed by atoms with Crippen molar-refractivity contribution in [2.45, 2.75) is 30.9 Å². The van der Waals surface area contributed by atoms with E-state index in [2.05, 4.69) is 29.2 Å². The Morgan fingerprint density at radius 1 is 1.07 bits per heavy atom. The first-order valence-corrected chi connectivity index (χ1v) is 10.7. The summed E-state index contributed by atoms with van der Waals surface area (Å²) in [6, 6.07) is 8.40. The van der Waals surface area contributed by atoms with E-state index in [0.29, 0.717) is 13.1 Å². The fourth-order valence-electron chi connectivity index (χ4n) is 3.52. The summed E-state index contributed by atoms with van der Waals surface area (Å²) in [5.41, 5.74) is 2.27. The largest absolute Gasteiger partial charge is 0.468 e. The van der Waals surface area contributed by atoms with Crippen molar-refractivity contribution in [3.05, 3.63) is 35.9 Å².